The molecule has 0 spiro atoms. The number of ether oxygens (including phenoxy) is 1. The number of aryl methyl sites for hydroxylation is 1. The van der Waals surface area contributed by atoms with E-state index in [0.717, 1.165) is 18.7 Å². The van der Waals surface area contributed by atoms with Crippen LogP contribution in [0.15, 0.2) is 18.2 Å². The third-order valence-electron chi connectivity index (χ3n) is 3.42. The summed E-state index contributed by atoms with van der Waals surface area (Å²) in [6.07, 6.45) is 1.15. The highest BCUT2D eigenvalue weighted by molar-refractivity contribution is 5.95. The molecule has 0 atom stereocenters. The summed E-state index contributed by atoms with van der Waals surface area (Å²) in [5.74, 6) is 0.699. The number of amides is 2. The predicted octanol–water partition coefficient (Wildman–Crippen LogP) is 1.82. The van der Waals surface area contributed by atoms with E-state index in [2.05, 4.69) is 5.32 Å². The minimum Gasteiger partial charge on any atom is -0.482 e. The Kier molecular flexibility index (Phi) is 4.61. The van der Waals surface area contributed by atoms with Crippen molar-refractivity contribution < 1.29 is 14.3 Å². The molecule has 0 saturated carbocycles. The monoisotopic (exact) mass is 276 g/mol. The van der Waals surface area contributed by atoms with Gasteiger partial charge in [0.2, 0.25) is 5.91 Å². The van der Waals surface area contributed by atoms with Crippen LogP contribution in [0, 0.1) is 0 Å². The first-order valence-corrected chi connectivity index (χ1v) is 6.97. The Bertz CT molecular complexity index is 510. The van der Waals surface area contributed by atoms with E-state index >= 15 is 0 Å². The van der Waals surface area contributed by atoms with E-state index in [9.17, 15) is 9.59 Å². The third kappa shape index (κ3) is 3.29. The van der Waals surface area contributed by atoms with E-state index in [1.54, 1.807) is 0 Å². The van der Waals surface area contributed by atoms with Crippen molar-refractivity contribution in [3.63, 3.8) is 0 Å². The van der Waals surface area contributed by atoms with Gasteiger partial charge in [-0.1, -0.05) is 6.07 Å². The quantitative estimate of drug-likeness (QED) is 0.892. The molecule has 0 fully saturated rings. The molecule has 0 radical (unpaired) electrons. The van der Waals surface area contributed by atoms with Gasteiger partial charge >= 0.3 is 0 Å². The fraction of sp³-hybridized carbons (Fsp3) is 0.467. The first-order valence-electron chi connectivity index (χ1n) is 6.97. The lowest BCUT2D eigenvalue weighted by atomic mass is 10.1. The van der Waals surface area contributed by atoms with Crippen LogP contribution in [0.4, 0.5) is 5.69 Å². The van der Waals surface area contributed by atoms with E-state index in [-0.39, 0.29) is 18.4 Å². The van der Waals surface area contributed by atoms with E-state index < -0.39 is 0 Å². The number of carbonyl (C=O) groups excluding carboxylic acids is 2. The number of fused-ring (bicyclic) bond motifs is 1. The smallest absolute Gasteiger partial charge is 0.262 e. The average molecular weight is 276 g/mol. The van der Waals surface area contributed by atoms with Crippen molar-refractivity contribution in [3.05, 3.63) is 23.8 Å². The van der Waals surface area contributed by atoms with Crippen LogP contribution in [0.5, 0.6) is 5.75 Å². The largest absolute Gasteiger partial charge is 0.482 e. The molecule has 1 aromatic carbocycles. The fourth-order valence-corrected chi connectivity index (χ4v) is 2.27. The predicted molar refractivity (Wildman–Crippen MR) is 76.8 cm³/mol. The summed E-state index contributed by atoms with van der Waals surface area (Å²) < 4.78 is 5.30. The first-order chi connectivity index (χ1) is 9.63. The molecule has 20 heavy (non-hydrogen) atoms. The Labute approximate surface area is 118 Å². The van der Waals surface area contributed by atoms with Crippen molar-refractivity contribution in [2.75, 3.05) is 25.0 Å². The van der Waals surface area contributed by atoms with Crippen LogP contribution < -0.4 is 10.1 Å². The van der Waals surface area contributed by atoms with Gasteiger partial charge in [-0.3, -0.25) is 9.59 Å². The maximum Gasteiger partial charge on any atom is 0.262 e. The van der Waals surface area contributed by atoms with Crippen LogP contribution >= 0.6 is 0 Å². The number of nitrogens with zero attached hydrogens (tertiary/aromatic N) is 1. The molecule has 0 aromatic heterocycles. The van der Waals surface area contributed by atoms with Gasteiger partial charge in [-0.2, -0.15) is 0 Å². The maximum atomic E-state index is 12.0. The number of hydrogen-bond donors (Lipinski definition) is 1. The van der Waals surface area contributed by atoms with E-state index in [4.69, 9.17) is 4.74 Å². The number of hydrogen-bond acceptors (Lipinski definition) is 3. The molecular weight excluding hydrogens is 256 g/mol. The van der Waals surface area contributed by atoms with Gasteiger partial charge < -0.3 is 15.0 Å². The molecule has 5 nitrogen and oxygen atoms in total. The number of benzene rings is 1. The van der Waals surface area contributed by atoms with Crippen molar-refractivity contribution in [1.29, 1.82) is 0 Å². The second kappa shape index (κ2) is 6.41. The lowest BCUT2D eigenvalue weighted by molar-refractivity contribution is -0.130. The summed E-state index contributed by atoms with van der Waals surface area (Å²) in [4.78, 5) is 25.0. The molecule has 1 aliphatic rings. The molecule has 0 bridgehead atoms. The highest BCUT2D eigenvalue weighted by Crippen LogP contribution is 2.28. The normalized spacial score (nSPS) is 13.2. The Balaban J connectivity index is 1.99. The second-order valence-electron chi connectivity index (χ2n) is 4.73. The summed E-state index contributed by atoms with van der Waals surface area (Å²) in [6, 6.07) is 5.65. The van der Waals surface area contributed by atoms with Gasteiger partial charge in [0.15, 0.2) is 6.61 Å². The Hall–Kier alpha value is -2.04. The molecule has 1 N–H and O–H groups in total. The van der Waals surface area contributed by atoms with Crippen molar-refractivity contribution >= 4 is 17.5 Å². The van der Waals surface area contributed by atoms with Crippen molar-refractivity contribution in [2.24, 2.45) is 0 Å². The van der Waals surface area contributed by atoms with Gasteiger partial charge in [0.25, 0.3) is 5.91 Å². The minimum atomic E-state index is -0.145. The van der Waals surface area contributed by atoms with Crippen LogP contribution in [0.3, 0.4) is 0 Å². The van der Waals surface area contributed by atoms with E-state index in [1.165, 1.54) is 0 Å². The number of anilines is 1. The van der Waals surface area contributed by atoms with Crippen molar-refractivity contribution in [3.8, 4) is 5.75 Å². The fourth-order valence-electron chi connectivity index (χ4n) is 2.27. The highest BCUT2D eigenvalue weighted by Gasteiger charge is 2.16. The zero-order valence-corrected chi connectivity index (χ0v) is 11.9. The SMILES string of the molecule is CCN(CC)C(=O)CCc1ccc2c(c1)NC(=O)CO2. The number of nitrogens with one attached hydrogen (secondary N) is 1. The van der Waals surface area contributed by atoms with Crippen molar-refractivity contribution in [1.82, 2.24) is 4.90 Å². The van der Waals surface area contributed by atoms with Gasteiger partial charge in [-0.05, 0) is 38.0 Å². The molecule has 1 aliphatic heterocycles. The van der Waals surface area contributed by atoms with Gasteiger partial charge in [0, 0.05) is 19.5 Å². The van der Waals surface area contributed by atoms with E-state index in [0.29, 0.717) is 24.3 Å². The third-order valence-corrected chi connectivity index (χ3v) is 3.42. The number of rotatable bonds is 5. The molecule has 1 heterocycles. The molecule has 0 aliphatic carbocycles. The molecule has 2 rings (SSSR count). The first kappa shape index (κ1) is 14.4. The van der Waals surface area contributed by atoms with Crippen LogP contribution in [0.1, 0.15) is 25.8 Å². The second-order valence-corrected chi connectivity index (χ2v) is 4.73. The summed E-state index contributed by atoms with van der Waals surface area (Å²) in [5.41, 5.74) is 1.71. The van der Waals surface area contributed by atoms with Crippen LogP contribution in [-0.4, -0.2) is 36.4 Å². The van der Waals surface area contributed by atoms with Crippen LogP contribution in [-0.2, 0) is 16.0 Å². The summed E-state index contributed by atoms with van der Waals surface area (Å²) in [7, 11) is 0. The van der Waals surface area contributed by atoms with Gasteiger partial charge in [-0.15, -0.1) is 0 Å². The standard InChI is InChI=1S/C15H20N2O3/c1-3-17(4-2)15(19)8-6-11-5-7-13-12(9-11)16-14(18)10-20-13/h5,7,9H,3-4,6,8,10H2,1-2H3,(H,16,18). The van der Waals surface area contributed by atoms with Gasteiger partial charge in [0.05, 0.1) is 5.69 Å². The zero-order chi connectivity index (χ0) is 14.5. The zero-order valence-electron chi connectivity index (χ0n) is 11.9. The Morgan fingerprint density at radius 3 is 2.80 bits per heavy atom. The van der Waals surface area contributed by atoms with E-state index in [1.807, 2.05) is 36.9 Å². The summed E-state index contributed by atoms with van der Waals surface area (Å²) in [5, 5.41) is 2.77. The highest BCUT2D eigenvalue weighted by atomic mass is 16.5. The minimum absolute atomic E-state index is 0.0623. The van der Waals surface area contributed by atoms with Crippen LogP contribution in [0.2, 0.25) is 0 Å². The van der Waals surface area contributed by atoms with Gasteiger partial charge in [0.1, 0.15) is 5.75 Å². The molecule has 108 valence electrons. The van der Waals surface area contributed by atoms with Crippen LogP contribution in [0.25, 0.3) is 0 Å². The molecule has 0 saturated heterocycles. The molecule has 1 aromatic rings. The topological polar surface area (TPSA) is 58.6 Å². The van der Waals surface area contributed by atoms with Crippen molar-refractivity contribution in [2.45, 2.75) is 26.7 Å². The summed E-state index contributed by atoms with van der Waals surface area (Å²) >= 11 is 0. The lowest BCUT2D eigenvalue weighted by Crippen LogP contribution is -2.30. The van der Waals surface area contributed by atoms with Gasteiger partial charge in [-0.25, -0.2) is 0 Å². The average Bonchev–Trinajstić information content (AvgIpc) is 2.46. The lowest BCUT2D eigenvalue weighted by Gasteiger charge is -2.20. The molecule has 2 amide bonds. The Morgan fingerprint density at radius 2 is 2.10 bits per heavy atom. The number of carbonyl (C=O) groups is 2. The molecule has 0 unspecified atom stereocenters. The Morgan fingerprint density at radius 1 is 1.35 bits per heavy atom. The summed E-state index contributed by atoms with van der Waals surface area (Å²) in [6.45, 7) is 5.50. The maximum absolute atomic E-state index is 12.0. The molecule has 5 heteroatoms. The molecular formula is C15H20N2O3.